The third-order valence-corrected chi connectivity index (χ3v) is 3.14. The van der Waals surface area contributed by atoms with Crippen LogP contribution in [0.2, 0.25) is 0 Å². The molecule has 2 rings (SSSR count). The van der Waals surface area contributed by atoms with Crippen LogP contribution in [0.15, 0.2) is 47.1 Å². The molecule has 2 aromatic rings. The van der Waals surface area contributed by atoms with E-state index in [0.29, 0.717) is 0 Å². The molecule has 0 saturated carbocycles. The van der Waals surface area contributed by atoms with Crippen molar-refractivity contribution in [3.8, 4) is 0 Å². The van der Waals surface area contributed by atoms with E-state index in [-0.39, 0.29) is 0 Å². The molecule has 0 saturated heterocycles. The molecule has 3 nitrogen and oxygen atoms in total. The highest BCUT2D eigenvalue weighted by molar-refractivity contribution is 5.46. The van der Waals surface area contributed by atoms with Crippen molar-refractivity contribution in [1.82, 2.24) is 5.32 Å². The summed E-state index contributed by atoms with van der Waals surface area (Å²) >= 11 is 0. The second-order valence-electron chi connectivity index (χ2n) is 4.55. The summed E-state index contributed by atoms with van der Waals surface area (Å²) in [7, 11) is 0. The second-order valence-corrected chi connectivity index (χ2v) is 4.55. The molecule has 19 heavy (non-hydrogen) atoms. The van der Waals surface area contributed by atoms with Gasteiger partial charge in [-0.2, -0.15) is 0 Å². The van der Waals surface area contributed by atoms with E-state index in [9.17, 15) is 0 Å². The lowest BCUT2D eigenvalue weighted by atomic mass is 10.2. The Morgan fingerprint density at radius 2 is 1.95 bits per heavy atom. The predicted octanol–water partition coefficient (Wildman–Crippen LogP) is 3.42. The Morgan fingerprint density at radius 3 is 2.63 bits per heavy atom. The van der Waals surface area contributed by atoms with Crippen LogP contribution in [0, 0.1) is 0 Å². The van der Waals surface area contributed by atoms with Gasteiger partial charge in [0.15, 0.2) is 0 Å². The van der Waals surface area contributed by atoms with E-state index in [0.717, 1.165) is 31.9 Å². The van der Waals surface area contributed by atoms with Crippen molar-refractivity contribution >= 4 is 5.69 Å². The lowest BCUT2D eigenvalue weighted by Crippen LogP contribution is -2.21. The van der Waals surface area contributed by atoms with Crippen molar-refractivity contribution in [3.63, 3.8) is 0 Å². The van der Waals surface area contributed by atoms with Gasteiger partial charge in [0.05, 0.1) is 12.8 Å². The molecule has 1 aromatic heterocycles. The smallest absolute Gasteiger partial charge is 0.123 e. The Labute approximate surface area is 115 Å². The van der Waals surface area contributed by atoms with E-state index < -0.39 is 0 Å². The molecular formula is C16H22N2O. The van der Waals surface area contributed by atoms with Gasteiger partial charge in [0.1, 0.15) is 5.76 Å². The fraction of sp³-hybridized carbons (Fsp3) is 0.375. The topological polar surface area (TPSA) is 28.4 Å². The normalized spacial score (nSPS) is 10.6. The average Bonchev–Trinajstić information content (AvgIpc) is 2.91. The van der Waals surface area contributed by atoms with Crippen LogP contribution in [-0.2, 0) is 13.1 Å². The van der Waals surface area contributed by atoms with Crippen LogP contribution < -0.4 is 10.2 Å². The Hall–Kier alpha value is -1.74. The van der Waals surface area contributed by atoms with E-state index >= 15 is 0 Å². The van der Waals surface area contributed by atoms with Crippen LogP contribution >= 0.6 is 0 Å². The second kappa shape index (κ2) is 7.00. The molecule has 0 amide bonds. The first-order valence-electron chi connectivity index (χ1n) is 6.90. The van der Waals surface area contributed by atoms with Gasteiger partial charge in [-0.05, 0) is 31.7 Å². The average molecular weight is 258 g/mol. The molecule has 1 heterocycles. The highest BCUT2D eigenvalue weighted by Crippen LogP contribution is 2.17. The lowest BCUT2D eigenvalue weighted by molar-refractivity contribution is 0.501. The van der Waals surface area contributed by atoms with Crippen LogP contribution in [-0.4, -0.2) is 13.1 Å². The van der Waals surface area contributed by atoms with E-state index in [1.165, 1.54) is 11.3 Å². The van der Waals surface area contributed by atoms with Crippen LogP contribution in [0.5, 0.6) is 0 Å². The summed E-state index contributed by atoms with van der Waals surface area (Å²) in [6, 6.07) is 12.6. The Balaban J connectivity index is 2.00. The Morgan fingerprint density at radius 1 is 1.16 bits per heavy atom. The van der Waals surface area contributed by atoms with Gasteiger partial charge in [-0.3, -0.25) is 0 Å². The zero-order valence-electron chi connectivity index (χ0n) is 11.7. The minimum Gasteiger partial charge on any atom is -0.467 e. The van der Waals surface area contributed by atoms with E-state index in [1.54, 1.807) is 0 Å². The number of rotatable bonds is 7. The minimum atomic E-state index is 0.812. The first-order valence-corrected chi connectivity index (χ1v) is 6.90. The van der Waals surface area contributed by atoms with Crippen molar-refractivity contribution < 1.29 is 4.42 Å². The quantitative estimate of drug-likeness (QED) is 0.825. The van der Waals surface area contributed by atoms with Gasteiger partial charge in [-0.15, -0.1) is 0 Å². The summed E-state index contributed by atoms with van der Waals surface area (Å²) in [4.78, 5) is 2.30. The first kappa shape index (κ1) is 13.7. The van der Waals surface area contributed by atoms with Crippen molar-refractivity contribution in [3.05, 3.63) is 54.0 Å². The number of furan rings is 1. The molecule has 0 bridgehead atoms. The van der Waals surface area contributed by atoms with Crippen molar-refractivity contribution in [2.24, 2.45) is 0 Å². The van der Waals surface area contributed by atoms with Crippen molar-refractivity contribution in [2.75, 3.05) is 18.0 Å². The van der Waals surface area contributed by atoms with Crippen LogP contribution in [0.4, 0.5) is 5.69 Å². The monoisotopic (exact) mass is 258 g/mol. The minimum absolute atomic E-state index is 0.812. The van der Waals surface area contributed by atoms with Crippen LogP contribution in [0.3, 0.4) is 0 Å². The third kappa shape index (κ3) is 3.86. The molecule has 0 aliphatic rings. The number of hydrogen-bond acceptors (Lipinski definition) is 3. The van der Waals surface area contributed by atoms with Gasteiger partial charge in [-0.25, -0.2) is 0 Å². The molecule has 0 radical (unpaired) electrons. The number of nitrogens with zero attached hydrogens (tertiary/aromatic N) is 1. The summed E-state index contributed by atoms with van der Waals surface area (Å²) in [6.07, 6.45) is 1.84. The standard InChI is InChI=1S/C16H22N2O/c1-3-17-11-14-10-16(19-13-14)12-18(4-2)15-8-6-5-7-9-15/h5-10,13,17H,3-4,11-12H2,1-2H3. The number of benzene rings is 1. The van der Waals surface area contributed by atoms with Crippen molar-refractivity contribution in [1.29, 1.82) is 0 Å². The molecule has 102 valence electrons. The van der Waals surface area contributed by atoms with E-state index in [2.05, 4.69) is 54.4 Å². The van der Waals surface area contributed by atoms with Crippen LogP contribution in [0.25, 0.3) is 0 Å². The van der Waals surface area contributed by atoms with E-state index in [4.69, 9.17) is 4.42 Å². The number of nitrogens with one attached hydrogen (secondary N) is 1. The molecule has 1 N–H and O–H groups in total. The molecule has 0 fully saturated rings. The molecular weight excluding hydrogens is 236 g/mol. The molecule has 0 unspecified atom stereocenters. The SMILES string of the molecule is CCNCc1coc(CN(CC)c2ccccc2)c1. The zero-order chi connectivity index (χ0) is 13.5. The number of anilines is 1. The molecule has 0 aliphatic carbocycles. The molecule has 1 aromatic carbocycles. The molecule has 0 spiro atoms. The zero-order valence-corrected chi connectivity index (χ0v) is 11.7. The summed E-state index contributed by atoms with van der Waals surface area (Å²) in [5, 5.41) is 3.30. The summed E-state index contributed by atoms with van der Waals surface area (Å²) in [5.41, 5.74) is 2.44. The van der Waals surface area contributed by atoms with Gasteiger partial charge >= 0.3 is 0 Å². The summed E-state index contributed by atoms with van der Waals surface area (Å²) < 4.78 is 5.63. The van der Waals surface area contributed by atoms with Gasteiger partial charge in [0.25, 0.3) is 0 Å². The lowest BCUT2D eigenvalue weighted by Gasteiger charge is -2.21. The number of para-hydroxylation sites is 1. The Kier molecular flexibility index (Phi) is 5.04. The first-order chi connectivity index (χ1) is 9.33. The summed E-state index contributed by atoms with van der Waals surface area (Å²) in [6.45, 7) is 7.90. The fourth-order valence-electron chi connectivity index (χ4n) is 2.08. The van der Waals surface area contributed by atoms with Gasteiger partial charge in [0.2, 0.25) is 0 Å². The van der Waals surface area contributed by atoms with Crippen molar-refractivity contribution in [2.45, 2.75) is 26.9 Å². The number of hydrogen-bond donors (Lipinski definition) is 1. The van der Waals surface area contributed by atoms with Gasteiger partial charge in [-0.1, -0.05) is 25.1 Å². The predicted molar refractivity (Wildman–Crippen MR) is 79.3 cm³/mol. The maximum absolute atomic E-state index is 5.63. The highest BCUT2D eigenvalue weighted by Gasteiger charge is 2.08. The highest BCUT2D eigenvalue weighted by atomic mass is 16.3. The van der Waals surface area contributed by atoms with Crippen LogP contribution in [0.1, 0.15) is 25.2 Å². The molecule has 0 aliphatic heterocycles. The molecule has 0 atom stereocenters. The third-order valence-electron chi connectivity index (χ3n) is 3.14. The summed E-state index contributed by atoms with van der Waals surface area (Å²) in [5.74, 6) is 1.01. The molecule has 3 heteroatoms. The van der Waals surface area contributed by atoms with E-state index in [1.807, 2.05) is 12.3 Å². The Bertz CT molecular complexity index is 479. The largest absolute Gasteiger partial charge is 0.467 e. The maximum atomic E-state index is 5.63. The van der Waals surface area contributed by atoms with Gasteiger partial charge in [0, 0.05) is 24.3 Å². The fourth-order valence-corrected chi connectivity index (χ4v) is 2.08. The maximum Gasteiger partial charge on any atom is 0.123 e. The van der Waals surface area contributed by atoms with Gasteiger partial charge < -0.3 is 14.6 Å².